The van der Waals surface area contributed by atoms with Crippen molar-refractivity contribution in [2.24, 2.45) is 5.92 Å². The molecule has 2 aromatic heterocycles. The zero-order chi connectivity index (χ0) is 20.6. The van der Waals surface area contributed by atoms with Gasteiger partial charge in [-0.3, -0.25) is 4.79 Å². The lowest BCUT2D eigenvalue weighted by Crippen LogP contribution is -2.66. The Morgan fingerprint density at radius 1 is 1.33 bits per heavy atom. The van der Waals surface area contributed by atoms with Gasteiger partial charge in [0, 0.05) is 43.4 Å². The third kappa shape index (κ3) is 2.85. The van der Waals surface area contributed by atoms with Crippen molar-refractivity contribution >= 4 is 28.5 Å². The number of pyridine rings is 1. The zero-order valence-corrected chi connectivity index (χ0v) is 18.5. The van der Waals surface area contributed by atoms with Crippen molar-refractivity contribution in [2.45, 2.75) is 87.8 Å². The number of carbonyl (C=O) groups excluding carboxylic acids is 1. The number of hydrogen-bond donors (Lipinski definition) is 1. The molecular weight excluding hydrogens is 398 g/mol. The third-order valence-electron chi connectivity index (χ3n) is 8.32. The van der Waals surface area contributed by atoms with Crippen LogP contribution in [-0.2, 0) is 9.53 Å². The number of aromatic nitrogens is 2. The van der Waals surface area contributed by atoms with Crippen LogP contribution >= 0.6 is 11.6 Å². The van der Waals surface area contributed by atoms with E-state index in [1.54, 1.807) is 6.20 Å². The van der Waals surface area contributed by atoms with Crippen LogP contribution in [0.15, 0.2) is 12.4 Å². The van der Waals surface area contributed by atoms with Gasteiger partial charge in [-0.15, -0.1) is 0 Å². The summed E-state index contributed by atoms with van der Waals surface area (Å²) >= 11 is 6.55. The first-order chi connectivity index (χ1) is 14.5. The van der Waals surface area contributed by atoms with Gasteiger partial charge in [0.25, 0.3) is 0 Å². The normalized spacial score (nSPS) is 33.4. The summed E-state index contributed by atoms with van der Waals surface area (Å²) in [4.78, 5) is 23.6. The molecule has 5 aliphatic rings. The molecule has 3 saturated carbocycles. The molecule has 3 unspecified atom stereocenters. The number of halogens is 1. The molecule has 3 aliphatic carbocycles. The van der Waals surface area contributed by atoms with Crippen molar-refractivity contribution in [3.8, 4) is 0 Å². The number of piperidine rings is 2. The van der Waals surface area contributed by atoms with Crippen molar-refractivity contribution in [1.29, 1.82) is 0 Å². The first kappa shape index (κ1) is 19.1. The Morgan fingerprint density at radius 3 is 2.73 bits per heavy atom. The minimum atomic E-state index is 0.0251. The second-order valence-electron chi connectivity index (χ2n) is 10.3. The predicted octanol–water partition coefficient (Wildman–Crippen LogP) is 5.15. The molecule has 5 fully saturated rings. The fourth-order valence-corrected chi connectivity index (χ4v) is 7.27. The van der Waals surface area contributed by atoms with Gasteiger partial charge >= 0.3 is 0 Å². The molecule has 2 aliphatic heterocycles. The van der Waals surface area contributed by atoms with Gasteiger partial charge in [-0.05, 0) is 73.8 Å². The number of ether oxygens (including phenoxy) is 1. The molecule has 2 saturated heterocycles. The summed E-state index contributed by atoms with van der Waals surface area (Å²) in [6.45, 7) is 2.17. The van der Waals surface area contributed by atoms with E-state index in [-0.39, 0.29) is 11.5 Å². The van der Waals surface area contributed by atoms with Crippen LogP contribution < -0.4 is 0 Å². The second kappa shape index (κ2) is 6.70. The largest absolute Gasteiger partial charge is 0.378 e. The van der Waals surface area contributed by atoms with Crippen LogP contribution in [-0.4, -0.2) is 45.6 Å². The highest BCUT2D eigenvalue weighted by molar-refractivity contribution is 6.32. The van der Waals surface area contributed by atoms with Gasteiger partial charge in [0.1, 0.15) is 5.65 Å². The van der Waals surface area contributed by atoms with Crippen LogP contribution in [0, 0.1) is 5.92 Å². The average molecular weight is 428 g/mol. The number of amides is 1. The summed E-state index contributed by atoms with van der Waals surface area (Å²) in [6.07, 6.45) is 12.2. The molecular formula is C24H30ClN3O2. The number of aromatic amines is 1. The molecule has 4 heterocycles. The Labute approximate surface area is 182 Å². The van der Waals surface area contributed by atoms with Crippen molar-refractivity contribution in [1.82, 2.24) is 14.9 Å². The molecule has 30 heavy (non-hydrogen) atoms. The van der Waals surface area contributed by atoms with E-state index in [4.69, 9.17) is 16.3 Å². The Bertz CT molecular complexity index is 997. The van der Waals surface area contributed by atoms with E-state index in [0.29, 0.717) is 30.3 Å². The van der Waals surface area contributed by atoms with Crippen LogP contribution in [0.5, 0.6) is 0 Å². The van der Waals surface area contributed by atoms with Gasteiger partial charge in [0.05, 0.1) is 10.6 Å². The van der Waals surface area contributed by atoms with Crippen molar-refractivity contribution < 1.29 is 9.53 Å². The number of nitrogens with one attached hydrogen (secondary N) is 1. The maximum Gasteiger partial charge on any atom is 0.223 e. The van der Waals surface area contributed by atoms with E-state index in [1.165, 1.54) is 30.4 Å². The van der Waals surface area contributed by atoms with Crippen LogP contribution in [0.25, 0.3) is 11.0 Å². The fraction of sp³-hybridized carbons (Fsp3) is 0.667. The standard InChI is InChI=1S/C24H30ClN3O2/c1-13(18-11-26-23-22(18)21(15-3-4-15)19(25)12-27-23)5-20(29)28-16-6-14-7-17(28)10-24(8-14,9-16)30-2/h11-17H,3-10H2,1-2H3,(H,26,27). The molecule has 2 aromatic rings. The van der Waals surface area contributed by atoms with E-state index in [2.05, 4.69) is 21.8 Å². The SMILES string of the molecule is COC12CC3CC(C1)N(C(=O)CC(C)c1c[nH]c4ncc(Cl)c(C5CC5)c14)C(C3)C2. The molecule has 160 valence electrons. The maximum atomic E-state index is 13.5. The quantitative estimate of drug-likeness (QED) is 0.718. The van der Waals surface area contributed by atoms with Gasteiger partial charge < -0.3 is 14.6 Å². The Morgan fingerprint density at radius 2 is 2.07 bits per heavy atom. The highest BCUT2D eigenvalue weighted by atomic mass is 35.5. The predicted molar refractivity (Wildman–Crippen MR) is 117 cm³/mol. The number of H-pyrrole nitrogens is 1. The molecule has 4 bridgehead atoms. The Kier molecular flexibility index (Phi) is 4.27. The summed E-state index contributed by atoms with van der Waals surface area (Å²) < 4.78 is 5.96. The summed E-state index contributed by atoms with van der Waals surface area (Å²) in [5.74, 6) is 1.71. The van der Waals surface area contributed by atoms with E-state index < -0.39 is 0 Å². The van der Waals surface area contributed by atoms with Gasteiger partial charge in [0.2, 0.25) is 5.91 Å². The van der Waals surface area contributed by atoms with Gasteiger partial charge in [-0.2, -0.15) is 0 Å². The van der Waals surface area contributed by atoms with E-state index in [9.17, 15) is 4.79 Å². The van der Waals surface area contributed by atoms with Gasteiger partial charge in [0.15, 0.2) is 0 Å². The lowest BCUT2D eigenvalue weighted by atomic mass is 9.61. The number of hydrogen-bond acceptors (Lipinski definition) is 3. The maximum absolute atomic E-state index is 13.5. The van der Waals surface area contributed by atoms with Crippen molar-refractivity contribution in [3.63, 3.8) is 0 Å². The smallest absolute Gasteiger partial charge is 0.223 e. The molecule has 0 aromatic carbocycles. The van der Waals surface area contributed by atoms with Crippen LogP contribution in [0.3, 0.4) is 0 Å². The first-order valence-corrected chi connectivity index (χ1v) is 11.9. The summed E-state index contributed by atoms with van der Waals surface area (Å²) in [6, 6.07) is 0.717. The van der Waals surface area contributed by atoms with Crippen LogP contribution in [0.2, 0.25) is 5.02 Å². The fourth-order valence-electron chi connectivity index (χ4n) is 6.97. The molecule has 1 amide bonds. The zero-order valence-electron chi connectivity index (χ0n) is 17.8. The molecule has 0 radical (unpaired) electrons. The second-order valence-corrected chi connectivity index (χ2v) is 10.7. The molecule has 0 spiro atoms. The first-order valence-electron chi connectivity index (χ1n) is 11.5. The van der Waals surface area contributed by atoms with E-state index in [1.807, 2.05) is 13.3 Å². The van der Waals surface area contributed by atoms with Gasteiger partial charge in [-0.1, -0.05) is 18.5 Å². The minimum absolute atomic E-state index is 0.0251. The Balaban J connectivity index is 1.26. The topological polar surface area (TPSA) is 58.2 Å². The number of nitrogens with zero attached hydrogens (tertiary/aromatic N) is 2. The third-order valence-corrected chi connectivity index (χ3v) is 8.62. The summed E-state index contributed by atoms with van der Waals surface area (Å²) in [7, 11) is 1.86. The monoisotopic (exact) mass is 427 g/mol. The van der Waals surface area contributed by atoms with E-state index in [0.717, 1.165) is 47.7 Å². The Hall–Kier alpha value is -1.59. The molecule has 3 atom stereocenters. The van der Waals surface area contributed by atoms with Crippen molar-refractivity contribution in [3.05, 3.63) is 28.5 Å². The number of carbonyl (C=O) groups is 1. The average Bonchev–Trinajstić information content (AvgIpc) is 3.45. The van der Waals surface area contributed by atoms with E-state index >= 15 is 0 Å². The lowest BCUT2D eigenvalue weighted by molar-refractivity contribution is -0.183. The molecule has 1 N–H and O–H groups in total. The highest BCUT2D eigenvalue weighted by Gasteiger charge is 2.56. The summed E-state index contributed by atoms with van der Waals surface area (Å²) in [5.41, 5.74) is 3.34. The van der Waals surface area contributed by atoms with Crippen LogP contribution in [0.4, 0.5) is 0 Å². The summed E-state index contributed by atoms with van der Waals surface area (Å²) in [5, 5.41) is 1.92. The van der Waals surface area contributed by atoms with Gasteiger partial charge in [-0.25, -0.2) is 4.98 Å². The number of rotatable bonds is 5. The highest BCUT2D eigenvalue weighted by Crippen LogP contribution is 2.53. The van der Waals surface area contributed by atoms with Crippen molar-refractivity contribution in [2.75, 3.05) is 7.11 Å². The molecule has 7 rings (SSSR count). The molecule has 5 nitrogen and oxygen atoms in total. The number of fused-ring (bicyclic) bond motifs is 1. The minimum Gasteiger partial charge on any atom is -0.378 e. The number of methoxy groups -OCH3 is 1. The van der Waals surface area contributed by atoms with Crippen LogP contribution in [0.1, 0.15) is 81.3 Å². The lowest BCUT2D eigenvalue weighted by Gasteiger charge is -2.61. The molecule has 6 heteroatoms.